The van der Waals surface area contributed by atoms with E-state index < -0.39 is 0 Å². The van der Waals surface area contributed by atoms with Crippen LogP contribution in [-0.2, 0) is 0 Å². The molecule has 43 heavy (non-hydrogen) atoms. The van der Waals surface area contributed by atoms with Crippen LogP contribution in [-0.4, -0.2) is 13.8 Å². The molecule has 0 aliphatic heterocycles. The Kier molecular flexibility index (Phi) is 6.19. The fourth-order valence-electron chi connectivity index (χ4n) is 6.81. The predicted octanol–water partition coefficient (Wildman–Crippen LogP) is 11.2. The summed E-state index contributed by atoms with van der Waals surface area (Å²) in [4.78, 5) is 0. The van der Waals surface area contributed by atoms with Gasteiger partial charge in [0.05, 0.1) is 0 Å². The van der Waals surface area contributed by atoms with Crippen molar-refractivity contribution in [2.24, 2.45) is 0 Å². The predicted molar refractivity (Wildman–Crippen MR) is 188 cm³/mol. The first kappa shape index (κ1) is 25.7. The van der Waals surface area contributed by atoms with Crippen LogP contribution < -0.4 is 0 Å². The summed E-state index contributed by atoms with van der Waals surface area (Å²) < 4.78 is 6.55. The van der Waals surface area contributed by atoms with Gasteiger partial charge in [-0.05, 0) is 0 Å². The van der Waals surface area contributed by atoms with Gasteiger partial charge in [-0.25, -0.2) is 0 Å². The van der Waals surface area contributed by atoms with Crippen molar-refractivity contribution in [3.05, 3.63) is 133 Å². The number of benzene rings is 6. The maximum absolute atomic E-state index is 6.55. The first-order valence-electron chi connectivity index (χ1n) is 15.1. The summed E-state index contributed by atoms with van der Waals surface area (Å²) in [6, 6.07) is 39.7. The first-order chi connectivity index (χ1) is 21.3. The molecule has 0 spiro atoms. The van der Waals surface area contributed by atoms with Gasteiger partial charge in [0.15, 0.2) is 0 Å². The van der Waals surface area contributed by atoms with E-state index in [-0.39, 0.29) is 0 Å². The monoisotopic (exact) mass is 546 g/mol. The van der Waals surface area contributed by atoms with Crippen molar-refractivity contribution >= 4 is 68.1 Å². The van der Waals surface area contributed by atoms with Gasteiger partial charge < -0.3 is 0 Å². The van der Waals surface area contributed by atoms with Crippen molar-refractivity contribution < 1.29 is 4.42 Å². The molecule has 0 amide bonds. The molecule has 1 nitrogen and oxygen atoms in total. The Labute approximate surface area is 252 Å². The summed E-state index contributed by atoms with van der Waals surface area (Å²) in [5.41, 5.74) is 9.13. The summed E-state index contributed by atoms with van der Waals surface area (Å²) in [5.74, 6) is 8.58. The van der Waals surface area contributed by atoms with E-state index in [1.165, 1.54) is 60.1 Å². The van der Waals surface area contributed by atoms with Crippen LogP contribution in [0.4, 0.5) is 0 Å². The zero-order valence-electron chi connectivity index (χ0n) is 24.3. The topological polar surface area (TPSA) is 13.1 Å². The molecule has 200 valence electrons. The van der Waals surface area contributed by atoms with E-state index in [2.05, 4.69) is 141 Å². The van der Waals surface area contributed by atoms with Gasteiger partial charge in [-0.3, -0.25) is 0 Å². The summed E-state index contributed by atoms with van der Waals surface area (Å²) in [6.07, 6.45) is 0. The van der Waals surface area contributed by atoms with E-state index in [9.17, 15) is 0 Å². The first-order valence-corrected chi connectivity index (χ1v) is 15.1. The Morgan fingerprint density at radius 3 is 1.88 bits per heavy atom. The van der Waals surface area contributed by atoms with Crippen molar-refractivity contribution in [2.75, 3.05) is 0 Å². The van der Waals surface area contributed by atoms with Gasteiger partial charge >= 0.3 is 239 Å². The average molecular weight is 546 g/mol. The molecule has 0 aliphatic rings. The average Bonchev–Trinajstić information content (AvgIpc) is 3.48. The fourth-order valence-corrected chi connectivity index (χ4v) is 6.81. The molecule has 3 aromatic heterocycles. The molecule has 9 rings (SSSR count). The second kappa shape index (κ2) is 10.4. The SMILES string of the molecule is CC.b1cccc(-c2ccc3ccc4c(-c5cbccc5)cc(-c5cccc6c5oc5ccccc56)c5ccc2c3c45)c1. The van der Waals surface area contributed by atoms with E-state index >= 15 is 0 Å². The molecule has 9 aromatic rings. The van der Waals surface area contributed by atoms with E-state index in [4.69, 9.17) is 4.42 Å². The van der Waals surface area contributed by atoms with Crippen LogP contribution in [0.5, 0.6) is 0 Å². The second-order valence-electron chi connectivity index (χ2n) is 10.8. The third kappa shape index (κ3) is 3.96. The molecule has 3 heteroatoms. The van der Waals surface area contributed by atoms with Crippen molar-refractivity contribution in [1.29, 1.82) is 0 Å². The van der Waals surface area contributed by atoms with Gasteiger partial charge in [-0.2, -0.15) is 0 Å². The minimum absolute atomic E-state index is 0.920. The van der Waals surface area contributed by atoms with Gasteiger partial charge in [0.1, 0.15) is 0 Å². The van der Waals surface area contributed by atoms with Gasteiger partial charge in [0, 0.05) is 0 Å². The van der Waals surface area contributed by atoms with Crippen LogP contribution in [0.15, 0.2) is 137 Å². The second-order valence-corrected chi connectivity index (χ2v) is 10.8. The molecule has 0 fully saturated rings. The van der Waals surface area contributed by atoms with E-state index in [0.717, 1.165) is 27.5 Å². The molecule has 0 unspecified atom stereocenters. The Bertz CT molecular complexity index is 2410. The van der Waals surface area contributed by atoms with Crippen LogP contribution in [0.25, 0.3) is 87.6 Å². The van der Waals surface area contributed by atoms with E-state index in [1.54, 1.807) is 0 Å². The molecule has 3 heterocycles. The molecular formula is C40H28B2O. The van der Waals surface area contributed by atoms with Crippen LogP contribution in [0.2, 0.25) is 0 Å². The number of furan rings is 1. The molecule has 0 saturated carbocycles. The zero-order valence-corrected chi connectivity index (χ0v) is 24.3. The number of fused-ring (bicyclic) bond motifs is 3. The van der Waals surface area contributed by atoms with Crippen LogP contribution in [0.3, 0.4) is 0 Å². The molecule has 6 aromatic carbocycles. The van der Waals surface area contributed by atoms with Crippen molar-refractivity contribution in [1.82, 2.24) is 0 Å². The third-order valence-corrected chi connectivity index (χ3v) is 8.65. The van der Waals surface area contributed by atoms with Gasteiger partial charge in [0.25, 0.3) is 0 Å². The van der Waals surface area contributed by atoms with Gasteiger partial charge in [-0.15, -0.1) is 0 Å². The number of hydrogen-bond donors (Lipinski definition) is 0. The summed E-state index contributed by atoms with van der Waals surface area (Å²) in [6.45, 7) is 8.24. The van der Waals surface area contributed by atoms with E-state index in [0.29, 0.717) is 0 Å². The molecule has 0 bridgehead atoms. The molecule has 0 aliphatic carbocycles. The summed E-state index contributed by atoms with van der Waals surface area (Å²) >= 11 is 0. The van der Waals surface area contributed by atoms with Crippen molar-refractivity contribution in [2.45, 2.75) is 13.8 Å². The Morgan fingerprint density at radius 2 is 1.12 bits per heavy atom. The third-order valence-electron chi connectivity index (χ3n) is 8.65. The molecular weight excluding hydrogens is 518 g/mol. The zero-order chi connectivity index (χ0) is 28.9. The van der Waals surface area contributed by atoms with Crippen molar-refractivity contribution in [3.8, 4) is 33.4 Å². The molecule has 0 atom stereocenters. The fraction of sp³-hybridized carbons (Fsp3) is 0.0500. The van der Waals surface area contributed by atoms with Crippen LogP contribution in [0, 0.1) is 0 Å². The Balaban J connectivity index is 0.00000136. The number of hydrogen-bond acceptors (Lipinski definition) is 1. The number of para-hydroxylation sites is 2. The molecule has 0 saturated heterocycles. The molecule has 0 radical (unpaired) electrons. The quantitative estimate of drug-likeness (QED) is 0.201. The van der Waals surface area contributed by atoms with Gasteiger partial charge in [-0.1, -0.05) is 13.8 Å². The minimum atomic E-state index is 0.920. The standard InChI is InChI=1S/C38H22B2O.C2H6/c1-2-11-35-27(8-1)31-9-3-10-32(38(31)41-35)34-20-33(25-7-5-19-40-22-25)29-15-13-23-12-14-26(24-6-4-18-39-21-24)28-16-17-30(34)37(29)36(23)28;1-2/h1-22H;1-2H3. The maximum atomic E-state index is 6.55. The van der Waals surface area contributed by atoms with Crippen molar-refractivity contribution in [3.63, 3.8) is 0 Å². The summed E-state index contributed by atoms with van der Waals surface area (Å²) in [5, 5.41) is 9.99. The van der Waals surface area contributed by atoms with Gasteiger partial charge in [0.2, 0.25) is 0 Å². The Hall–Kier alpha value is -5.01. The molecule has 0 N–H and O–H groups in total. The normalized spacial score (nSPS) is 11.3. The summed E-state index contributed by atoms with van der Waals surface area (Å²) in [7, 11) is 0. The van der Waals surface area contributed by atoms with E-state index in [1.807, 2.05) is 19.9 Å². The van der Waals surface area contributed by atoms with Crippen LogP contribution in [0.1, 0.15) is 13.8 Å². The Morgan fingerprint density at radius 1 is 0.465 bits per heavy atom. The van der Waals surface area contributed by atoms with Crippen LogP contribution >= 0.6 is 0 Å². The number of rotatable bonds is 3.